The number of anilines is 1. The van der Waals surface area contributed by atoms with Crippen LogP contribution in [0.4, 0.5) is 5.82 Å². The molecule has 1 aromatic carbocycles. The number of pyridine rings is 1. The number of thioether (sulfide) groups is 1. The van der Waals surface area contributed by atoms with Gasteiger partial charge in [0.25, 0.3) is 0 Å². The first kappa shape index (κ1) is 16.5. The van der Waals surface area contributed by atoms with E-state index in [4.69, 9.17) is 4.98 Å². The third kappa shape index (κ3) is 3.40. The molecule has 1 aliphatic carbocycles. The molecule has 0 amide bonds. The monoisotopic (exact) mass is 351 g/mol. The summed E-state index contributed by atoms with van der Waals surface area (Å²) >= 11 is 1.77. The Hall–Kier alpha value is -1.94. The minimum Gasteiger partial charge on any atom is -0.367 e. The Kier molecular flexibility index (Phi) is 4.71. The second-order valence-corrected chi connectivity index (χ2v) is 7.83. The van der Waals surface area contributed by atoms with Crippen LogP contribution in [0.25, 0.3) is 16.9 Å². The highest BCUT2D eigenvalue weighted by Crippen LogP contribution is 2.32. The summed E-state index contributed by atoms with van der Waals surface area (Å²) in [5.41, 5.74) is 4.49. The molecule has 1 fully saturated rings. The maximum Gasteiger partial charge on any atom is 0.139 e. The Morgan fingerprint density at radius 2 is 1.84 bits per heavy atom. The average Bonchev–Trinajstić information content (AvgIpc) is 3.00. The van der Waals surface area contributed by atoms with Crippen LogP contribution in [0.3, 0.4) is 0 Å². The number of imidazole rings is 1. The molecule has 2 aromatic heterocycles. The quantitative estimate of drug-likeness (QED) is 0.605. The van der Waals surface area contributed by atoms with E-state index in [9.17, 15) is 0 Å². The number of hydrogen-bond donors (Lipinski definition) is 1. The van der Waals surface area contributed by atoms with Crippen molar-refractivity contribution in [1.29, 1.82) is 0 Å². The molecule has 0 aliphatic heterocycles. The topological polar surface area (TPSA) is 29.3 Å². The maximum absolute atomic E-state index is 4.96. The average molecular weight is 352 g/mol. The fourth-order valence-electron chi connectivity index (χ4n) is 3.67. The Morgan fingerprint density at radius 1 is 1.08 bits per heavy atom. The van der Waals surface area contributed by atoms with E-state index in [0.29, 0.717) is 6.04 Å². The van der Waals surface area contributed by atoms with E-state index in [2.05, 4.69) is 65.5 Å². The van der Waals surface area contributed by atoms with Crippen LogP contribution in [0.2, 0.25) is 0 Å². The molecular formula is C21H25N3S. The number of benzene rings is 1. The standard InChI is InChI=1S/C21H25N3S/c1-15-12-13-24-19(14-15)23-20(16-8-10-18(25-2)11-9-16)21(24)22-17-6-4-3-5-7-17/h8-14,17,22H,3-7H2,1-2H3. The maximum atomic E-state index is 4.96. The highest BCUT2D eigenvalue weighted by atomic mass is 32.2. The summed E-state index contributed by atoms with van der Waals surface area (Å²) < 4.78 is 2.21. The van der Waals surface area contributed by atoms with E-state index in [-0.39, 0.29) is 0 Å². The molecule has 3 aromatic rings. The zero-order valence-electron chi connectivity index (χ0n) is 15.0. The third-order valence-electron chi connectivity index (χ3n) is 5.09. The van der Waals surface area contributed by atoms with Crippen LogP contribution in [0.15, 0.2) is 47.5 Å². The van der Waals surface area contributed by atoms with Crippen molar-refractivity contribution in [2.75, 3.05) is 11.6 Å². The number of hydrogen-bond acceptors (Lipinski definition) is 3. The summed E-state index contributed by atoms with van der Waals surface area (Å²) in [5.74, 6) is 1.14. The van der Waals surface area contributed by atoms with E-state index < -0.39 is 0 Å². The van der Waals surface area contributed by atoms with Gasteiger partial charge in [0.1, 0.15) is 17.2 Å². The Bertz CT molecular complexity index is 861. The van der Waals surface area contributed by atoms with Crippen molar-refractivity contribution >= 4 is 23.2 Å². The van der Waals surface area contributed by atoms with E-state index in [1.54, 1.807) is 11.8 Å². The van der Waals surface area contributed by atoms with Crippen LogP contribution in [-0.2, 0) is 0 Å². The first-order valence-electron chi connectivity index (χ1n) is 9.14. The highest BCUT2D eigenvalue weighted by Gasteiger charge is 2.19. The minimum atomic E-state index is 0.555. The Balaban J connectivity index is 1.78. The normalized spacial score (nSPS) is 15.6. The van der Waals surface area contributed by atoms with Crippen LogP contribution >= 0.6 is 11.8 Å². The fraction of sp³-hybridized carbons (Fsp3) is 0.381. The van der Waals surface area contributed by atoms with Crippen molar-refractivity contribution in [3.8, 4) is 11.3 Å². The lowest BCUT2D eigenvalue weighted by molar-refractivity contribution is 0.462. The van der Waals surface area contributed by atoms with Gasteiger partial charge in [0.15, 0.2) is 0 Å². The van der Waals surface area contributed by atoms with Crippen LogP contribution in [0.1, 0.15) is 37.7 Å². The molecule has 1 N–H and O–H groups in total. The lowest BCUT2D eigenvalue weighted by Crippen LogP contribution is -2.23. The van der Waals surface area contributed by atoms with Crippen molar-refractivity contribution in [2.24, 2.45) is 0 Å². The number of aromatic nitrogens is 2. The molecule has 1 saturated carbocycles. The zero-order valence-corrected chi connectivity index (χ0v) is 15.8. The van der Waals surface area contributed by atoms with Gasteiger partial charge in [0, 0.05) is 22.7 Å². The van der Waals surface area contributed by atoms with Gasteiger partial charge in [-0.15, -0.1) is 11.8 Å². The molecule has 0 atom stereocenters. The van der Waals surface area contributed by atoms with Crippen molar-refractivity contribution in [3.63, 3.8) is 0 Å². The number of aryl methyl sites for hydroxylation is 1. The first-order chi connectivity index (χ1) is 12.2. The highest BCUT2D eigenvalue weighted by molar-refractivity contribution is 7.98. The van der Waals surface area contributed by atoms with Gasteiger partial charge < -0.3 is 5.32 Å². The molecule has 0 saturated heterocycles. The smallest absolute Gasteiger partial charge is 0.139 e. The van der Waals surface area contributed by atoms with E-state index >= 15 is 0 Å². The van der Waals surface area contributed by atoms with Crippen LogP contribution in [0.5, 0.6) is 0 Å². The van der Waals surface area contributed by atoms with Crippen LogP contribution < -0.4 is 5.32 Å². The van der Waals surface area contributed by atoms with Gasteiger partial charge >= 0.3 is 0 Å². The number of nitrogens with one attached hydrogen (secondary N) is 1. The summed E-state index contributed by atoms with van der Waals surface area (Å²) in [6.07, 6.45) is 10.8. The van der Waals surface area contributed by atoms with Gasteiger partial charge in [0.05, 0.1) is 0 Å². The second kappa shape index (κ2) is 7.12. The molecule has 4 heteroatoms. The summed E-state index contributed by atoms with van der Waals surface area (Å²) in [6, 6.07) is 13.6. The molecule has 3 nitrogen and oxygen atoms in total. The lowest BCUT2D eigenvalue weighted by atomic mass is 9.95. The van der Waals surface area contributed by atoms with Gasteiger partial charge in [-0.3, -0.25) is 4.40 Å². The van der Waals surface area contributed by atoms with Crippen molar-refractivity contribution < 1.29 is 0 Å². The minimum absolute atomic E-state index is 0.555. The van der Waals surface area contributed by atoms with Crippen LogP contribution in [0, 0.1) is 6.92 Å². The second-order valence-electron chi connectivity index (χ2n) is 6.95. The molecule has 4 rings (SSSR count). The first-order valence-corrected chi connectivity index (χ1v) is 10.4. The number of fused-ring (bicyclic) bond motifs is 1. The van der Waals surface area contributed by atoms with E-state index in [0.717, 1.165) is 17.2 Å². The van der Waals surface area contributed by atoms with Gasteiger partial charge in [0.2, 0.25) is 0 Å². The summed E-state index contributed by atoms with van der Waals surface area (Å²) in [7, 11) is 0. The van der Waals surface area contributed by atoms with E-state index in [1.165, 1.54) is 48.1 Å². The largest absolute Gasteiger partial charge is 0.367 e. The van der Waals surface area contributed by atoms with E-state index in [1.807, 2.05) is 0 Å². The SMILES string of the molecule is CSc1ccc(-c2nc3cc(C)ccn3c2NC2CCCCC2)cc1. The molecule has 130 valence electrons. The molecule has 0 unspecified atom stereocenters. The fourth-order valence-corrected chi connectivity index (χ4v) is 4.08. The molecule has 25 heavy (non-hydrogen) atoms. The lowest BCUT2D eigenvalue weighted by Gasteiger charge is -2.24. The van der Waals surface area contributed by atoms with Crippen molar-refractivity contribution in [2.45, 2.75) is 50.0 Å². The van der Waals surface area contributed by atoms with Gasteiger partial charge in [-0.05, 0) is 55.9 Å². The Labute approximate surface area is 153 Å². The molecule has 0 spiro atoms. The number of nitrogens with zero attached hydrogens (tertiary/aromatic N) is 2. The zero-order chi connectivity index (χ0) is 17.2. The molecule has 0 bridgehead atoms. The Morgan fingerprint density at radius 3 is 2.56 bits per heavy atom. The van der Waals surface area contributed by atoms with Gasteiger partial charge in [-0.1, -0.05) is 31.4 Å². The summed E-state index contributed by atoms with van der Waals surface area (Å²) in [5, 5.41) is 3.81. The van der Waals surface area contributed by atoms with Crippen LogP contribution in [-0.4, -0.2) is 21.7 Å². The van der Waals surface area contributed by atoms with Crippen molar-refractivity contribution in [3.05, 3.63) is 48.2 Å². The molecule has 0 radical (unpaired) electrons. The number of rotatable bonds is 4. The molecular weight excluding hydrogens is 326 g/mol. The molecule has 1 aliphatic rings. The van der Waals surface area contributed by atoms with Gasteiger partial charge in [-0.2, -0.15) is 0 Å². The molecule has 2 heterocycles. The third-order valence-corrected chi connectivity index (χ3v) is 5.83. The predicted octanol–water partition coefficient (Wildman–Crippen LogP) is 5.78. The summed E-state index contributed by atoms with van der Waals surface area (Å²) in [6.45, 7) is 2.12. The van der Waals surface area contributed by atoms with Crippen molar-refractivity contribution in [1.82, 2.24) is 9.38 Å². The predicted molar refractivity (Wildman–Crippen MR) is 108 cm³/mol. The van der Waals surface area contributed by atoms with Gasteiger partial charge in [-0.25, -0.2) is 4.98 Å². The summed E-state index contributed by atoms with van der Waals surface area (Å²) in [4.78, 5) is 6.24.